The smallest absolute Gasteiger partial charge is 0.246 e. The number of piperidine rings is 1. The van der Waals surface area contributed by atoms with Crippen LogP contribution in [0.25, 0.3) is 5.69 Å². The molecule has 2 atom stereocenters. The number of para-hydroxylation sites is 1. The molecule has 3 N–H and O–H groups in total. The van der Waals surface area contributed by atoms with Gasteiger partial charge in [0.15, 0.2) is 0 Å². The van der Waals surface area contributed by atoms with E-state index in [0.29, 0.717) is 50.4 Å². The fraction of sp³-hybridized carbons (Fsp3) is 0.483. The van der Waals surface area contributed by atoms with Gasteiger partial charge in [0.2, 0.25) is 20.0 Å². The molecular formula is C29H39N5O7S2. The zero-order valence-corrected chi connectivity index (χ0v) is 26.0. The van der Waals surface area contributed by atoms with Gasteiger partial charge < -0.3 is 19.9 Å². The van der Waals surface area contributed by atoms with E-state index in [1.807, 2.05) is 30.3 Å². The maximum Gasteiger partial charge on any atom is 0.246 e. The number of aliphatic hydroxyl groups excluding tert-OH is 1. The average Bonchev–Trinajstić information content (AvgIpc) is 3.59. The molecule has 14 heteroatoms. The SMILES string of the molecule is CCNS(=O)(=O)c1cccc(OC[C@@H](O)CNC2COC3(CCN(S(=O)(=O)c4cnn(-c5ccccc5)c4C)CC3)C2)c1. The van der Waals surface area contributed by atoms with E-state index < -0.39 is 31.8 Å². The van der Waals surface area contributed by atoms with Crippen molar-refractivity contribution in [2.45, 2.75) is 60.6 Å². The van der Waals surface area contributed by atoms with Gasteiger partial charge in [-0.1, -0.05) is 31.2 Å². The van der Waals surface area contributed by atoms with Gasteiger partial charge in [0, 0.05) is 38.3 Å². The first-order valence-corrected chi connectivity index (χ1v) is 17.3. The molecule has 12 nitrogen and oxygen atoms in total. The van der Waals surface area contributed by atoms with Crippen LogP contribution in [0.15, 0.2) is 70.6 Å². The molecule has 0 bridgehead atoms. The van der Waals surface area contributed by atoms with Gasteiger partial charge in [-0.3, -0.25) is 0 Å². The van der Waals surface area contributed by atoms with Gasteiger partial charge in [-0.15, -0.1) is 0 Å². The number of nitrogens with one attached hydrogen (secondary N) is 2. The summed E-state index contributed by atoms with van der Waals surface area (Å²) in [5.74, 6) is 0.352. The minimum Gasteiger partial charge on any atom is -0.491 e. The molecule has 0 amide bonds. The first-order chi connectivity index (χ1) is 20.5. The highest BCUT2D eigenvalue weighted by molar-refractivity contribution is 7.89. The highest BCUT2D eigenvalue weighted by Gasteiger charge is 2.45. The Morgan fingerprint density at radius 3 is 2.58 bits per heavy atom. The first kappa shape index (κ1) is 31.6. The van der Waals surface area contributed by atoms with Crippen LogP contribution in [0.1, 0.15) is 31.9 Å². The van der Waals surface area contributed by atoms with Crippen LogP contribution in [0.2, 0.25) is 0 Å². The van der Waals surface area contributed by atoms with Crippen LogP contribution < -0.4 is 14.8 Å². The van der Waals surface area contributed by atoms with Gasteiger partial charge in [0.05, 0.1) is 34.7 Å². The molecule has 2 aromatic carbocycles. The summed E-state index contributed by atoms with van der Waals surface area (Å²) in [6.07, 6.45) is 2.47. The highest BCUT2D eigenvalue weighted by Crippen LogP contribution is 2.37. The van der Waals surface area contributed by atoms with Gasteiger partial charge in [-0.05, 0) is 50.5 Å². The monoisotopic (exact) mass is 633 g/mol. The Balaban J connectivity index is 1.09. The topological polar surface area (TPSA) is 152 Å². The Bertz CT molecular complexity index is 1600. The minimum absolute atomic E-state index is 0.0104. The molecule has 0 radical (unpaired) electrons. The van der Waals surface area contributed by atoms with Crippen LogP contribution in [0, 0.1) is 6.92 Å². The molecule has 3 heterocycles. The molecule has 43 heavy (non-hydrogen) atoms. The van der Waals surface area contributed by atoms with Crippen molar-refractivity contribution in [1.29, 1.82) is 0 Å². The highest BCUT2D eigenvalue weighted by atomic mass is 32.2. The number of aromatic nitrogens is 2. The van der Waals surface area contributed by atoms with E-state index in [0.717, 1.165) is 5.69 Å². The lowest BCUT2D eigenvalue weighted by Crippen LogP contribution is -2.47. The Labute approximate surface area is 253 Å². The zero-order chi connectivity index (χ0) is 30.7. The number of sulfonamides is 2. The first-order valence-electron chi connectivity index (χ1n) is 14.4. The second-order valence-electron chi connectivity index (χ2n) is 11.0. The molecule has 2 saturated heterocycles. The van der Waals surface area contributed by atoms with Crippen molar-refractivity contribution < 1.29 is 31.4 Å². The summed E-state index contributed by atoms with van der Waals surface area (Å²) in [5, 5.41) is 18.1. The van der Waals surface area contributed by atoms with Crippen LogP contribution in [-0.4, -0.2) is 93.2 Å². The Morgan fingerprint density at radius 2 is 1.86 bits per heavy atom. The van der Waals surface area contributed by atoms with Gasteiger partial charge in [-0.2, -0.15) is 9.40 Å². The normalized spacial score (nSPS) is 19.9. The van der Waals surface area contributed by atoms with Crippen molar-refractivity contribution in [3.63, 3.8) is 0 Å². The van der Waals surface area contributed by atoms with E-state index in [9.17, 15) is 21.9 Å². The molecule has 234 valence electrons. The Morgan fingerprint density at radius 1 is 1.12 bits per heavy atom. The lowest BCUT2D eigenvalue weighted by molar-refractivity contribution is -0.0312. The van der Waals surface area contributed by atoms with Crippen LogP contribution in [0.4, 0.5) is 0 Å². The Kier molecular flexibility index (Phi) is 9.56. The number of hydrogen-bond donors (Lipinski definition) is 3. The summed E-state index contributed by atoms with van der Waals surface area (Å²) < 4.78 is 68.9. The third-order valence-corrected chi connectivity index (χ3v) is 11.5. The summed E-state index contributed by atoms with van der Waals surface area (Å²) >= 11 is 0. The third-order valence-electron chi connectivity index (χ3n) is 7.96. The van der Waals surface area contributed by atoms with Crippen molar-refractivity contribution in [1.82, 2.24) is 24.1 Å². The molecule has 0 saturated carbocycles. The molecule has 2 fully saturated rings. The lowest BCUT2D eigenvalue weighted by atomic mass is 9.88. The van der Waals surface area contributed by atoms with Gasteiger partial charge in [-0.25, -0.2) is 26.2 Å². The van der Waals surface area contributed by atoms with Gasteiger partial charge in [0.25, 0.3) is 0 Å². The van der Waals surface area contributed by atoms with Crippen LogP contribution in [0.5, 0.6) is 5.75 Å². The molecule has 2 aliphatic rings. The van der Waals surface area contributed by atoms with E-state index in [2.05, 4.69) is 15.1 Å². The molecule has 2 aliphatic heterocycles. The summed E-state index contributed by atoms with van der Waals surface area (Å²) in [6, 6.07) is 15.6. The van der Waals surface area contributed by atoms with E-state index >= 15 is 0 Å². The fourth-order valence-corrected chi connectivity index (χ4v) is 8.29. The number of aliphatic hydroxyl groups is 1. The summed E-state index contributed by atoms with van der Waals surface area (Å²) in [6.45, 7) is 5.18. The van der Waals surface area contributed by atoms with Crippen molar-refractivity contribution in [3.8, 4) is 11.4 Å². The standard InChI is InChI=1S/C29H39N5O7S2/c1-3-32-42(36,37)27-11-7-10-26(16-27)40-21-25(35)18-30-23-17-29(41-20-23)12-14-33(15-13-29)43(38,39)28-19-31-34(22(28)2)24-8-5-4-6-9-24/h4-11,16,19,23,25,30,32,35H,3,12-15,17-18,20-21H2,1-2H3/t23?,25-/m0/s1. The molecule has 1 spiro atoms. The van der Waals surface area contributed by atoms with E-state index in [1.165, 1.54) is 22.6 Å². The summed E-state index contributed by atoms with van der Waals surface area (Å²) in [4.78, 5) is 0.311. The summed E-state index contributed by atoms with van der Waals surface area (Å²) in [5.41, 5.74) is 0.965. The van der Waals surface area contributed by atoms with E-state index in [4.69, 9.17) is 9.47 Å². The van der Waals surface area contributed by atoms with Gasteiger partial charge in [0.1, 0.15) is 23.4 Å². The number of nitrogens with zero attached hydrogens (tertiary/aromatic N) is 3. The number of benzene rings is 2. The second-order valence-corrected chi connectivity index (χ2v) is 14.7. The minimum atomic E-state index is -3.71. The van der Waals surface area contributed by atoms with E-state index in [-0.39, 0.29) is 35.5 Å². The Hall–Kier alpha value is -2.85. The van der Waals surface area contributed by atoms with Crippen molar-refractivity contribution in [3.05, 3.63) is 66.5 Å². The molecule has 5 rings (SSSR count). The molecule has 3 aromatic rings. The van der Waals surface area contributed by atoms with Crippen molar-refractivity contribution in [2.75, 3.05) is 39.4 Å². The maximum absolute atomic E-state index is 13.5. The van der Waals surface area contributed by atoms with Crippen LogP contribution >= 0.6 is 0 Å². The predicted octanol–water partition coefficient (Wildman–Crippen LogP) is 1.82. The quantitative estimate of drug-likeness (QED) is 0.271. The predicted molar refractivity (Wildman–Crippen MR) is 160 cm³/mol. The third kappa shape index (κ3) is 7.11. The molecular weight excluding hydrogens is 594 g/mol. The van der Waals surface area contributed by atoms with E-state index in [1.54, 1.807) is 30.7 Å². The number of hydrogen-bond acceptors (Lipinski definition) is 9. The maximum atomic E-state index is 13.5. The largest absolute Gasteiger partial charge is 0.491 e. The van der Waals surface area contributed by atoms with Gasteiger partial charge >= 0.3 is 0 Å². The molecule has 1 unspecified atom stereocenters. The van der Waals surface area contributed by atoms with Crippen LogP contribution in [0.3, 0.4) is 0 Å². The van der Waals surface area contributed by atoms with Crippen LogP contribution in [-0.2, 0) is 24.8 Å². The summed E-state index contributed by atoms with van der Waals surface area (Å²) in [7, 11) is -7.31. The average molecular weight is 634 g/mol. The van der Waals surface area contributed by atoms with Crippen molar-refractivity contribution >= 4 is 20.0 Å². The lowest BCUT2D eigenvalue weighted by Gasteiger charge is -2.38. The fourth-order valence-electron chi connectivity index (χ4n) is 5.63. The number of rotatable bonds is 12. The zero-order valence-electron chi connectivity index (χ0n) is 24.3. The molecule has 0 aliphatic carbocycles. The van der Waals surface area contributed by atoms with Crippen molar-refractivity contribution in [2.24, 2.45) is 0 Å². The number of ether oxygens (including phenoxy) is 2. The molecule has 1 aromatic heterocycles. The second kappa shape index (κ2) is 13.0.